The quantitative estimate of drug-likeness (QED) is 0.468. The molecule has 0 unspecified atom stereocenters. The van der Waals surface area contributed by atoms with Crippen LogP contribution in [-0.4, -0.2) is 9.91 Å². The maximum Gasteiger partial charge on any atom is 0.425 e. The van der Waals surface area contributed by atoms with Crippen LogP contribution in [0.5, 0.6) is 0 Å². The minimum atomic E-state index is -5.24. The van der Waals surface area contributed by atoms with Crippen molar-refractivity contribution >= 4 is 5.82 Å². The number of hydrogen-bond acceptors (Lipinski definition) is 4. The lowest BCUT2D eigenvalue weighted by Gasteiger charge is -2.09. The van der Waals surface area contributed by atoms with Gasteiger partial charge in [0.2, 0.25) is 5.69 Å². The van der Waals surface area contributed by atoms with E-state index in [1.54, 1.807) is 0 Å². The van der Waals surface area contributed by atoms with Gasteiger partial charge in [-0.1, -0.05) is 0 Å². The topological polar surface area (TPSA) is 79.8 Å². The first-order valence-corrected chi connectivity index (χ1v) is 4.13. The van der Waals surface area contributed by atoms with Crippen LogP contribution in [0.3, 0.4) is 0 Å². The standard InChI is InChI=1S/C8H2F5N3O2/c9-6(10)4-1-3(2-14)5(8(11,12)13)7(15-4)16(17)18/h1,6H. The highest BCUT2D eigenvalue weighted by molar-refractivity contribution is 5.49. The summed E-state index contributed by atoms with van der Waals surface area (Å²) in [6.07, 6.45) is -8.56. The Morgan fingerprint density at radius 3 is 2.33 bits per heavy atom. The van der Waals surface area contributed by atoms with E-state index in [0.717, 1.165) is 6.07 Å². The number of nitriles is 1. The molecule has 0 radical (unpaired) electrons. The number of nitro groups is 1. The highest BCUT2D eigenvalue weighted by atomic mass is 19.4. The molecule has 10 heteroatoms. The summed E-state index contributed by atoms with van der Waals surface area (Å²) < 4.78 is 62.1. The molecule has 0 aliphatic carbocycles. The Morgan fingerprint density at radius 2 is 2.00 bits per heavy atom. The molecule has 0 aliphatic rings. The van der Waals surface area contributed by atoms with Crippen LogP contribution in [0.15, 0.2) is 6.07 Å². The van der Waals surface area contributed by atoms with Crippen LogP contribution in [-0.2, 0) is 6.18 Å². The fourth-order valence-corrected chi connectivity index (χ4v) is 1.16. The summed E-state index contributed by atoms with van der Waals surface area (Å²) in [6, 6.07) is 1.18. The van der Waals surface area contributed by atoms with Crippen molar-refractivity contribution in [2.75, 3.05) is 0 Å². The maximum atomic E-state index is 12.5. The lowest BCUT2D eigenvalue weighted by molar-refractivity contribution is -0.393. The van der Waals surface area contributed by atoms with Crippen molar-refractivity contribution in [3.8, 4) is 6.07 Å². The third kappa shape index (κ3) is 2.50. The molecule has 0 saturated carbocycles. The highest BCUT2D eigenvalue weighted by Crippen LogP contribution is 2.38. The van der Waals surface area contributed by atoms with E-state index in [4.69, 9.17) is 5.26 Å². The van der Waals surface area contributed by atoms with Gasteiger partial charge in [0.05, 0.1) is 5.56 Å². The van der Waals surface area contributed by atoms with Crippen LogP contribution < -0.4 is 0 Å². The average Bonchev–Trinajstić information content (AvgIpc) is 2.25. The zero-order valence-electron chi connectivity index (χ0n) is 8.20. The first-order valence-electron chi connectivity index (χ1n) is 4.13. The van der Waals surface area contributed by atoms with Crippen LogP contribution in [0, 0.1) is 21.4 Å². The van der Waals surface area contributed by atoms with Crippen LogP contribution in [0.2, 0.25) is 0 Å². The van der Waals surface area contributed by atoms with Gasteiger partial charge < -0.3 is 10.1 Å². The van der Waals surface area contributed by atoms with Crippen LogP contribution in [0.4, 0.5) is 27.8 Å². The number of pyridine rings is 1. The molecule has 1 rings (SSSR count). The van der Waals surface area contributed by atoms with E-state index >= 15 is 0 Å². The molecule has 5 nitrogen and oxygen atoms in total. The summed E-state index contributed by atoms with van der Waals surface area (Å²) in [5.41, 5.74) is -4.45. The zero-order valence-corrected chi connectivity index (χ0v) is 8.20. The summed E-state index contributed by atoms with van der Waals surface area (Å²) in [5.74, 6) is -1.81. The highest BCUT2D eigenvalue weighted by Gasteiger charge is 2.43. The lowest BCUT2D eigenvalue weighted by Crippen LogP contribution is -2.14. The fraction of sp³-hybridized carbons (Fsp3) is 0.250. The predicted molar refractivity (Wildman–Crippen MR) is 45.6 cm³/mol. The number of rotatable bonds is 2. The largest absolute Gasteiger partial charge is 0.425 e. The molecular formula is C8H2F5N3O2. The van der Waals surface area contributed by atoms with E-state index in [0.29, 0.717) is 0 Å². The zero-order chi connectivity index (χ0) is 14.1. The van der Waals surface area contributed by atoms with E-state index in [9.17, 15) is 32.1 Å². The van der Waals surface area contributed by atoms with Crippen molar-refractivity contribution in [1.82, 2.24) is 4.98 Å². The summed E-state index contributed by atoms with van der Waals surface area (Å²) in [4.78, 5) is 11.5. The van der Waals surface area contributed by atoms with E-state index in [1.165, 1.54) is 0 Å². The van der Waals surface area contributed by atoms with Gasteiger partial charge >= 0.3 is 18.4 Å². The second-order valence-electron chi connectivity index (χ2n) is 2.96. The molecule has 18 heavy (non-hydrogen) atoms. The smallest absolute Gasteiger partial charge is 0.358 e. The number of nitrogens with zero attached hydrogens (tertiary/aromatic N) is 3. The van der Waals surface area contributed by atoms with Crippen molar-refractivity contribution < 1.29 is 26.9 Å². The SMILES string of the molecule is N#Cc1cc(C(F)F)nc([N+](=O)[O-])c1C(F)(F)F. The minimum Gasteiger partial charge on any atom is -0.358 e. The molecule has 0 amide bonds. The Balaban J connectivity index is 3.69. The van der Waals surface area contributed by atoms with Crippen molar-refractivity contribution in [1.29, 1.82) is 5.26 Å². The molecule has 0 aliphatic heterocycles. The van der Waals surface area contributed by atoms with Crippen LogP contribution >= 0.6 is 0 Å². The molecule has 96 valence electrons. The fourth-order valence-electron chi connectivity index (χ4n) is 1.16. The van der Waals surface area contributed by atoms with Gasteiger partial charge in [-0.15, -0.1) is 0 Å². The van der Waals surface area contributed by atoms with Gasteiger partial charge in [-0.2, -0.15) is 18.4 Å². The van der Waals surface area contributed by atoms with Gasteiger partial charge in [0.25, 0.3) is 0 Å². The molecular weight excluding hydrogens is 265 g/mol. The number of halogens is 5. The van der Waals surface area contributed by atoms with Crippen LogP contribution in [0.25, 0.3) is 0 Å². The molecule has 1 heterocycles. The summed E-state index contributed by atoms with van der Waals surface area (Å²) in [5, 5.41) is 18.8. The van der Waals surface area contributed by atoms with Gasteiger partial charge in [0.15, 0.2) is 5.56 Å². The molecule has 0 spiro atoms. The second kappa shape index (κ2) is 4.52. The molecule has 0 bridgehead atoms. The summed E-state index contributed by atoms with van der Waals surface area (Å²) in [6.45, 7) is 0. The molecule has 0 saturated heterocycles. The minimum absolute atomic E-state index is 0.181. The van der Waals surface area contributed by atoms with Crippen molar-refractivity contribution in [3.05, 3.63) is 33.0 Å². The van der Waals surface area contributed by atoms with E-state index in [2.05, 4.69) is 4.98 Å². The summed E-state index contributed by atoms with van der Waals surface area (Å²) >= 11 is 0. The number of alkyl halides is 5. The van der Waals surface area contributed by atoms with Crippen LogP contribution in [0.1, 0.15) is 23.2 Å². The second-order valence-corrected chi connectivity index (χ2v) is 2.96. The predicted octanol–water partition coefficient (Wildman–Crippen LogP) is 2.82. The Morgan fingerprint density at radius 1 is 1.44 bits per heavy atom. The third-order valence-corrected chi connectivity index (χ3v) is 1.82. The van der Waals surface area contributed by atoms with Crippen molar-refractivity contribution in [2.45, 2.75) is 12.6 Å². The normalized spacial score (nSPS) is 11.4. The lowest BCUT2D eigenvalue weighted by atomic mass is 10.1. The van der Waals surface area contributed by atoms with Gasteiger partial charge in [-0.3, -0.25) is 0 Å². The number of aromatic nitrogens is 1. The van der Waals surface area contributed by atoms with Crippen molar-refractivity contribution in [2.24, 2.45) is 0 Å². The molecule has 1 aromatic heterocycles. The third-order valence-electron chi connectivity index (χ3n) is 1.82. The first kappa shape index (κ1) is 13.8. The average molecular weight is 267 g/mol. The number of hydrogen-bond donors (Lipinski definition) is 0. The van der Waals surface area contributed by atoms with Crippen molar-refractivity contribution in [3.63, 3.8) is 0 Å². The van der Waals surface area contributed by atoms with Gasteiger partial charge in [-0.05, 0) is 9.91 Å². The molecule has 0 atom stereocenters. The molecule has 0 fully saturated rings. The first-order chi connectivity index (χ1) is 8.18. The molecule has 0 N–H and O–H groups in total. The van der Waals surface area contributed by atoms with E-state index in [1.807, 2.05) is 0 Å². The van der Waals surface area contributed by atoms with E-state index in [-0.39, 0.29) is 6.07 Å². The molecule has 0 aromatic carbocycles. The Kier molecular flexibility index (Phi) is 3.45. The Bertz CT molecular complexity index is 535. The van der Waals surface area contributed by atoms with Gasteiger partial charge in [-0.25, -0.2) is 8.78 Å². The Hall–Kier alpha value is -2.31. The monoisotopic (exact) mass is 267 g/mol. The maximum absolute atomic E-state index is 12.5. The van der Waals surface area contributed by atoms with Gasteiger partial charge in [0, 0.05) is 6.07 Å². The Labute approximate surface area is 95.6 Å². The van der Waals surface area contributed by atoms with Gasteiger partial charge in [0.1, 0.15) is 6.07 Å². The summed E-state index contributed by atoms with van der Waals surface area (Å²) in [7, 11) is 0. The molecule has 1 aromatic rings. The van der Waals surface area contributed by atoms with E-state index < -0.39 is 40.2 Å².